The van der Waals surface area contributed by atoms with Crippen molar-refractivity contribution in [2.75, 3.05) is 61.9 Å². The number of hydrogen-bond acceptors (Lipinski definition) is 9. The maximum Gasteiger partial charge on any atom is 0.340 e. The van der Waals surface area contributed by atoms with Crippen LogP contribution in [0.2, 0.25) is 0 Å². The number of anilines is 4. The van der Waals surface area contributed by atoms with Crippen LogP contribution in [-0.4, -0.2) is 81.9 Å². The van der Waals surface area contributed by atoms with E-state index in [0.29, 0.717) is 23.7 Å². The minimum atomic E-state index is -0.341. The van der Waals surface area contributed by atoms with Crippen LogP contribution in [0.3, 0.4) is 0 Å². The van der Waals surface area contributed by atoms with E-state index in [1.807, 2.05) is 32.2 Å². The summed E-state index contributed by atoms with van der Waals surface area (Å²) in [4.78, 5) is 35.3. The first kappa shape index (κ1) is 24.6. The summed E-state index contributed by atoms with van der Waals surface area (Å²) in [5, 5.41) is 9.85. The lowest BCUT2D eigenvalue weighted by Crippen LogP contribution is -2.33. The maximum atomic E-state index is 11.5. The van der Waals surface area contributed by atoms with Gasteiger partial charge in [-0.25, -0.2) is 9.89 Å². The molecule has 4 rings (SSSR count). The van der Waals surface area contributed by atoms with Gasteiger partial charge >= 0.3 is 5.69 Å². The highest BCUT2D eigenvalue weighted by Crippen LogP contribution is 2.27. The number of likely N-dealkylation sites (N-methyl/N-ethyl adjacent to an activating group) is 1. The van der Waals surface area contributed by atoms with Gasteiger partial charge in [-0.15, -0.1) is 0 Å². The van der Waals surface area contributed by atoms with Crippen molar-refractivity contribution < 1.29 is 0 Å². The number of benzene rings is 1. The fourth-order valence-corrected chi connectivity index (χ4v) is 4.18. The van der Waals surface area contributed by atoms with E-state index in [-0.39, 0.29) is 11.1 Å². The van der Waals surface area contributed by atoms with Crippen LogP contribution < -0.4 is 20.8 Å². The maximum absolute atomic E-state index is 11.5. The van der Waals surface area contributed by atoms with Gasteiger partial charge in [0.1, 0.15) is 0 Å². The van der Waals surface area contributed by atoms with Crippen molar-refractivity contribution in [3.8, 4) is 11.4 Å². The Morgan fingerprint density at radius 2 is 1.91 bits per heavy atom. The SMILES string of the molecule is Cc1ccc(-c2n[nH]c(=O)[nH]2)cc1Nc1nc(N(C)CC(C)(C)C)nc(N2CCCN(C)CC2)n1. The minimum absolute atomic E-state index is 0.0891. The smallest absolute Gasteiger partial charge is 0.340 e. The summed E-state index contributed by atoms with van der Waals surface area (Å²) in [5.74, 6) is 2.28. The predicted octanol–water partition coefficient (Wildman–Crippen LogP) is 2.63. The Morgan fingerprint density at radius 1 is 1.11 bits per heavy atom. The number of aryl methyl sites for hydroxylation is 1. The van der Waals surface area contributed by atoms with Crippen LogP contribution in [0.15, 0.2) is 23.0 Å². The van der Waals surface area contributed by atoms with Crippen molar-refractivity contribution in [2.45, 2.75) is 34.1 Å². The Kier molecular flexibility index (Phi) is 7.06. The molecule has 1 saturated heterocycles. The second kappa shape index (κ2) is 10.0. The van der Waals surface area contributed by atoms with E-state index < -0.39 is 0 Å². The average molecular weight is 481 g/mol. The molecule has 0 radical (unpaired) electrons. The topological polar surface area (TPSA) is 122 Å². The van der Waals surface area contributed by atoms with Crippen LogP contribution >= 0.6 is 0 Å². The van der Waals surface area contributed by atoms with Crippen molar-refractivity contribution in [2.24, 2.45) is 5.41 Å². The summed E-state index contributed by atoms with van der Waals surface area (Å²) >= 11 is 0. The van der Waals surface area contributed by atoms with Gasteiger partial charge in [-0.2, -0.15) is 20.1 Å². The molecule has 3 aromatic rings. The van der Waals surface area contributed by atoms with Gasteiger partial charge in [-0.1, -0.05) is 32.9 Å². The number of aromatic nitrogens is 6. The van der Waals surface area contributed by atoms with Gasteiger partial charge in [0, 0.05) is 44.5 Å². The third-order valence-electron chi connectivity index (χ3n) is 5.93. The van der Waals surface area contributed by atoms with Gasteiger partial charge in [-0.05, 0) is 44.0 Å². The molecule has 11 nitrogen and oxygen atoms in total. The zero-order chi connectivity index (χ0) is 25.2. The van der Waals surface area contributed by atoms with Gasteiger partial charge in [0.05, 0.1) is 0 Å². The van der Waals surface area contributed by atoms with E-state index in [1.54, 1.807) is 0 Å². The van der Waals surface area contributed by atoms with Gasteiger partial charge in [0.25, 0.3) is 0 Å². The summed E-state index contributed by atoms with van der Waals surface area (Å²) in [6, 6.07) is 5.83. The molecule has 2 aromatic heterocycles. The molecule has 11 heteroatoms. The number of hydrogen-bond donors (Lipinski definition) is 3. The molecular weight excluding hydrogens is 444 g/mol. The fraction of sp³-hybridized carbons (Fsp3) is 0.542. The van der Waals surface area contributed by atoms with Crippen LogP contribution in [0.25, 0.3) is 11.4 Å². The zero-order valence-corrected chi connectivity index (χ0v) is 21.5. The summed E-state index contributed by atoms with van der Waals surface area (Å²) in [6.45, 7) is 13.2. The molecule has 0 aliphatic carbocycles. The molecule has 0 amide bonds. The molecule has 0 spiro atoms. The van der Waals surface area contributed by atoms with Crippen LogP contribution in [0, 0.1) is 12.3 Å². The molecule has 0 bridgehead atoms. The van der Waals surface area contributed by atoms with E-state index >= 15 is 0 Å². The molecule has 0 atom stereocenters. The molecular formula is C24H36N10O. The number of H-pyrrole nitrogens is 2. The molecule has 1 aliphatic rings. The molecule has 3 N–H and O–H groups in total. The predicted molar refractivity (Wildman–Crippen MR) is 140 cm³/mol. The first-order chi connectivity index (χ1) is 16.6. The normalized spacial score (nSPS) is 15.2. The fourth-order valence-electron chi connectivity index (χ4n) is 4.18. The highest BCUT2D eigenvalue weighted by Gasteiger charge is 2.21. The number of nitrogens with zero attached hydrogens (tertiary/aromatic N) is 7. The van der Waals surface area contributed by atoms with Crippen molar-refractivity contribution in [1.29, 1.82) is 0 Å². The van der Waals surface area contributed by atoms with Gasteiger partial charge in [-0.3, -0.25) is 4.98 Å². The quantitative estimate of drug-likeness (QED) is 0.489. The standard InChI is InChI=1S/C24H36N10O/c1-16-8-9-17(19-26-23(35)31-30-19)14-18(16)25-20-27-21(33(6)15-24(2,3)4)29-22(28-20)34-11-7-10-32(5)12-13-34/h8-9,14H,7,10-13,15H2,1-6H3,(H,25,27,28,29)(H2,26,30,31,35). The lowest BCUT2D eigenvalue weighted by Gasteiger charge is -2.28. The van der Waals surface area contributed by atoms with Crippen molar-refractivity contribution in [1.82, 2.24) is 35.0 Å². The highest BCUT2D eigenvalue weighted by molar-refractivity contribution is 5.68. The van der Waals surface area contributed by atoms with Crippen LogP contribution in [-0.2, 0) is 0 Å². The largest absolute Gasteiger partial charge is 0.343 e. The summed E-state index contributed by atoms with van der Waals surface area (Å²) in [5.41, 5.74) is 2.39. The first-order valence-electron chi connectivity index (χ1n) is 12.0. The van der Waals surface area contributed by atoms with Crippen molar-refractivity contribution in [3.63, 3.8) is 0 Å². The summed E-state index contributed by atoms with van der Waals surface area (Å²) in [7, 11) is 4.17. The first-order valence-corrected chi connectivity index (χ1v) is 12.0. The van der Waals surface area contributed by atoms with Crippen LogP contribution in [0.4, 0.5) is 23.5 Å². The average Bonchev–Trinajstić information content (AvgIpc) is 3.10. The number of nitrogens with one attached hydrogen (secondary N) is 3. The third-order valence-corrected chi connectivity index (χ3v) is 5.93. The molecule has 1 fully saturated rings. The Labute approximate surface area is 206 Å². The van der Waals surface area contributed by atoms with Gasteiger partial charge < -0.3 is 20.0 Å². The molecule has 35 heavy (non-hydrogen) atoms. The van der Waals surface area contributed by atoms with Crippen molar-refractivity contribution in [3.05, 3.63) is 34.2 Å². The third kappa shape index (κ3) is 6.36. The Bertz CT molecular complexity index is 1210. The minimum Gasteiger partial charge on any atom is -0.343 e. The van der Waals surface area contributed by atoms with Crippen molar-refractivity contribution >= 4 is 23.5 Å². The second-order valence-corrected chi connectivity index (χ2v) is 10.5. The molecule has 0 saturated carbocycles. The van der Waals surface area contributed by atoms with Gasteiger partial charge in [0.2, 0.25) is 17.8 Å². The molecule has 3 heterocycles. The van der Waals surface area contributed by atoms with E-state index in [1.165, 1.54) is 0 Å². The van der Waals surface area contributed by atoms with E-state index in [9.17, 15) is 4.79 Å². The highest BCUT2D eigenvalue weighted by atomic mass is 16.1. The summed E-state index contributed by atoms with van der Waals surface area (Å²) < 4.78 is 0. The second-order valence-electron chi connectivity index (χ2n) is 10.5. The Morgan fingerprint density at radius 3 is 2.63 bits per heavy atom. The molecule has 0 unspecified atom stereocenters. The van der Waals surface area contributed by atoms with E-state index in [4.69, 9.17) is 15.0 Å². The van der Waals surface area contributed by atoms with Gasteiger partial charge in [0.15, 0.2) is 5.82 Å². The zero-order valence-electron chi connectivity index (χ0n) is 21.5. The Balaban J connectivity index is 1.69. The molecule has 1 aliphatic heterocycles. The lowest BCUT2D eigenvalue weighted by atomic mass is 9.96. The number of rotatable bonds is 6. The van der Waals surface area contributed by atoms with E-state index in [2.05, 4.69) is 63.0 Å². The Hall–Kier alpha value is -3.47. The van der Waals surface area contributed by atoms with Crippen LogP contribution in [0.5, 0.6) is 0 Å². The van der Waals surface area contributed by atoms with E-state index in [0.717, 1.165) is 56.0 Å². The van der Waals surface area contributed by atoms with Crippen LogP contribution in [0.1, 0.15) is 32.8 Å². The molecule has 1 aromatic carbocycles. The lowest BCUT2D eigenvalue weighted by molar-refractivity contribution is 0.360. The summed E-state index contributed by atoms with van der Waals surface area (Å²) in [6.07, 6.45) is 1.06. The number of aromatic amines is 2. The monoisotopic (exact) mass is 480 g/mol. The molecule has 188 valence electrons.